The zero-order chi connectivity index (χ0) is 17.3. The molecule has 0 aliphatic rings. The van der Waals surface area contributed by atoms with Crippen molar-refractivity contribution in [2.24, 2.45) is 0 Å². The molecule has 24 heavy (non-hydrogen) atoms. The van der Waals surface area contributed by atoms with Crippen molar-refractivity contribution in [3.63, 3.8) is 0 Å². The number of pyridine rings is 2. The lowest BCUT2D eigenvalue weighted by Gasteiger charge is -2.09. The largest absolute Gasteiger partial charge is 0.416 e. The van der Waals surface area contributed by atoms with Gasteiger partial charge in [0.15, 0.2) is 0 Å². The summed E-state index contributed by atoms with van der Waals surface area (Å²) < 4.78 is 52.0. The van der Waals surface area contributed by atoms with Crippen molar-refractivity contribution in [1.82, 2.24) is 9.97 Å². The lowest BCUT2D eigenvalue weighted by Crippen LogP contribution is -2.04. The van der Waals surface area contributed by atoms with Gasteiger partial charge in [0.05, 0.1) is 11.3 Å². The number of hydrogen-bond donors (Lipinski definition) is 0. The summed E-state index contributed by atoms with van der Waals surface area (Å²) in [6.07, 6.45) is -1.31. The number of benzene rings is 1. The first-order valence-corrected chi connectivity index (χ1v) is 7.11. The predicted octanol–water partition coefficient (Wildman–Crippen LogP) is 5.28. The summed E-state index contributed by atoms with van der Waals surface area (Å²) in [5.41, 5.74) is 1.55. The molecule has 0 aliphatic heterocycles. The van der Waals surface area contributed by atoms with Gasteiger partial charge in [0.1, 0.15) is 11.5 Å². The van der Waals surface area contributed by atoms with E-state index >= 15 is 0 Å². The van der Waals surface area contributed by atoms with Crippen molar-refractivity contribution >= 4 is 0 Å². The first kappa shape index (κ1) is 16.1. The molecule has 0 amide bonds. The van der Waals surface area contributed by atoms with Gasteiger partial charge in [-0.25, -0.2) is 4.39 Å². The second kappa shape index (κ2) is 6.03. The molecule has 0 spiro atoms. The van der Waals surface area contributed by atoms with E-state index in [0.29, 0.717) is 11.3 Å². The maximum Gasteiger partial charge on any atom is 0.416 e. The lowest BCUT2D eigenvalue weighted by molar-refractivity contribution is -0.137. The van der Waals surface area contributed by atoms with Gasteiger partial charge in [0.2, 0.25) is 0 Å². The summed E-state index contributed by atoms with van der Waals surface area (Å²) in [4.78, 5) is 8.24. The molecule has 2 aromatic heterocycles. The van der Waals surface area contributed by atoms with Crippen molar-refractivity contribution in [2.75, 3.05) is 0 Å². The molecule has 0 saturated heterocycles. The monoisotopic (exact) mass is 332 g/mol. The zero-order valence-electron chi connectivity index (χ0n) is 12.6. The first-order chi connectivity index (χ1) is 11.3. The Hall–Kier alpha value is -2.76. The molecule has 6 heteroatoms. The smallest absolute Gasteiger partial charge is 0.256 e. The Morgan fingerprint density at radius 3 is 2.08 bits per heavy atom. The molecule has 0 aliphatic carbocycles. The molecule has 0 unspecified atom stereocenters. The van der Waals surface area contributed by atoms with E-state index < -0.39 is 17.6 Å². The fraction of sp³-hybridized carbons (Fsp3) is 0.111. The quantitative estimate of drug-likeness (QED) is 0.597. The maximum atomic E-state index is 14.3. The number of halogens is 4. The first-order valence-electron chi connectivity index (χ1n) is 7.11. The van der Waals surface area contributed by atoms with E-state index in [-0.39, 0.29) is 11.3 Å². The summed E-state index contributed by atoms with van der Waals surface area (Å²) in [6.45, 7) is 1.89. The molecular weight excluding hydrogens is 320 g/mol. The molecule has 0 radical (unpaired) electrons. The van der Waals surface area contributed by atoms with Crippen LogP contribution in [0.4, 0.5) is 17.6 Å². The molecule has 0 atom stereocenters. The van der Waals surface area contributed by atoms with E-state index in [9.17, 15) is 17.6 Å². The molecule has 122 valence electrons. The minimum absolute atomic E-state index is 0.000383. The number of alkyl halides is 3. The summed E-state index contributed by atoms with van der Waals surface area (Å²) in [5, 5.41) is 0. The number of aryl methyl sites for hydroxylation is 1. The number of aromatic nitrogens is 2. The number of nitrogens with zero attached hydrogens (tertiary/aromatic N) is 2. The summed E-state index contributed by atoms with van der Waals surface area (Å²) in [7, 11) is 0. The Labute approximate surface area is 135 Å². The summed E-state index contributed by atoms with van der Waals surface area (Å²) in [6, 6.07) is 9.11. The molecule has 2 heterocycles. The summed E-state index contributed by atoms with van der Waals surface area (Å²) >= 11 is 0. The average Bonchev–Trinajstić information content (AvgIpc) is 2.55. The van der Waals surface area contributed by atoms with Gasteiger partial charge in [0.25, 0.3) is 0 Å². The lowest BCUT2D eigenvalue weighted by atomic mass is 10.1. The Morgan fingerprint density at radius 1 is 0.833 bits per heavy atom. The highest BCUT2D eigenvalue weighted by Gasteiger charge is 2.30. The third kappa shape index (κ3) is 3.27. The van der Waals surface area contributed by atoms with Crippen LogP contribution in [0, 0.1) is 12.7 Å². The molecule has 1 aromatic carbocycles. The molecule has 2 nitrogen and oxygen atoms in total. The van der Waals surface area contributed by atoms with Gasteiger partial charge in [-0.15, -0.1) is 0 Å². The Morgan fingerprint density at radius 2 is 1.54 bits per heavy atom. The van der Waals surface area contributed by atoms with Gasteiger partial charge in [-0.3, -0.25) is 9.97 Å². The molecule has 0 N–H and O–H groups in total. The van der Waals surface area contributed by atoms with E-state index in [1.165, 1.54) is 24.4 Å². The molecule has 0 saturated carbocycles. The highest BCUT2D eigenvalue weighted by atomic mass is 19.4. The highest BCUT2D eigenvalue weighted by Crippen LogP contribution is 2.31. The molecular formula is C18H12F4N2. The van der Waals surface area contributed by atoms with Crippen LogP contribution < -0.4 is 0 Å². The second-order valence-electron chi connectivity index (χ2n) is 5.35. The van der Waals surface area contributed by atoms with E-state index in [1.54, 1.807) is 12.3 Å². The average molecular weight is 332 g/mol. The maximum absolute atomic E-state index is 14.3. The normalized spacial score (nSPS) is 11.5. The van der Waals surface area contributed by atoms with Gasteiger partial charge in [-0.1, -0.05) is 18.2 Å². The molecule has 0 fully saturated rings. The van der Waals surface area contributed by atoms with E-state index in [1.807, 2.05) is 13.0 Å². The fourth-order valence-corrected chi connectivity index (χ4v) is 2.25. The van der Waals surface area contributed by atoms with E-state index in [0.717, 1.165) is 17.7 Å². The van der Waals surface area contributed by atoms with Crippen molar-refractivity contribution < 1.29 is 17.6 Å². The third-order valence-corrected chi connectivity index (χ3v) is 3.53. The third-order valence-electron chi connectivity index (χ3n) is 3.53. The van der Waals surface area contributed by atoms with Gasteiger partial charge in [0, 0.05) is 23.5 Å². The van der Waals surface area contributed by atoms with Crippen LogP contribution in [-0.4, -0.2) is 9.97 Å². The van der Waals surface area contributed by atoms with Crippen molar-refractivity contribution in [3.8, 4) is 22.5 Å². The Balaban J connectivity index is 1.94. The topological polar surface area (TPSA) is 25.8 Å². The number of rotatable bonds is 2. The fourth-order valence-electron chi connectivity index (χ4n) is 2.25. The van der Waals surface area contributed by atoms with E-state index in [4.69, 9.17) is 0 Å². The van der Waals surface area contributed by atoms with Gasteiger partial charge in [-0.05, 0) is 36.8 Å². The van der Waals surface area contributed by atoms with Crippen LogP contribution >= 0.6 is 0 Å². The van der Waals surface area contributed by atoms with Crippen LogP contribution in [0.25, 0.3) is 22.5 Å². The van der Waals surface area contributed by atoms with Gasteiger partial charge >= 0.3 is 6.18 Å². The van der Waals surface area contributed by atoms with Crippen LogP contribution in [0.2, 0.25) is 0 Å². The second-order valence-corrected chi connectivity index (χ2v) is 5.35. The highest BCUT2D eigenvalue weighted by molar-refractivity contribution is 5.65. The van der Waals surface area contributed by atoms with E-state index in [2.05, 4.69) is 9.97 Å². The number of hydrogen-bond acceptors (Lipinski definition) is 2. The van der Waals surface area contributed by atoms with Crippen molar-refractivity contribution in [1.29, 1.82) is 0 Å². The minimum atomic E-state index is -4.43. The standard InChI is InChI=1S/C18H12F4N2/c1-11-2-7-16(23-9-11)13-8-15(19)17(24-10-13)12-3-5-14(6-4-12)18(20,21)22/h2-10H,1H3. The SMILES string of the molecule is Cc1ccc(-c2cnc(-c3ccc(C(F)(F)F)cc3)c(F)c2)nc1. The Kier molecular flexibility index (Phi) is 4.05. The zero-order valence-corrected chi connectivity index (χ0v) is 12.6. The Bertz CT molecular complexity index is 854. The molecule has 3 aromatic rings. The van der Waals surface area contributed by atoms with Crippen molar-refractivity contribution in [3.05, 3.63) is 71.8 Å². The van der Waals surface area contributed by atoms with Crippen LogP contribution in [0.1, 0.15) is 11.1 Å². The summed E-state index contributed by atoms with van der Waals surface area (Å²) in [5.74, 6) is -0.616. The van der Waals surface area contributed by atoms with Crippen molar-refractivity contribution in [2.45, 2.75) is 13.1 Å². The van der Waals surface area contributed by atoms with Crippen LogP contribution in [0.5, 0.6) is 0 Å². The van der Waals surface area contributed by atoms with Gasteiger partial charge < -0.3 is 0 Å². The van der Waals surface area contributed by atoms with Crippen LogP contribution in [-0.2, 0) is 6.18 Å². The minimum Gasteiger partial charge on any atom is -0.256 e. The van der Waals surface area contributed by atoms with Gasteiger partial charge in [-0.2, -0.15) is 13.2 Å². The molecule has 0 bridgehead atoms. The predicted molar refractivity (Wildman–Crippen MR) is 82.6 cm³/mol. The van der Waals surface area contributed by atoms with Crippen LogP contribution in [0.15, 0.2) is 54.9 Å². The molecule has 3 rings (SSSR count). The van der Waals surface area contributed by atoms with Crippen LogP contribution in [0.3, 0.4) is 0 Å².